The zero-order valence-electron chi connectivity index (χ0n) is 24.9. The molecule has 1 atom stereocenters. The summed E-state index contributed by atoms with van der Waals surface area (Å²) >= 11 is 19.5. The van der Waals surface area contributed by atoms with Crippen molar-refractivity contribution in [3.8, 4) is 11.5 Å². The van der Waals surface area contributed by atoms with Gasteiger partial charge in [-0.25, -0.2) is 4.99 Å². The van der Waals surface area contributed by atoms with Crippen molar-refractivity contribution in [3.63, 3.8) is 0 Å². The lowest BCUT2D eigenvalue weighted by molar-refractivity contribution is -0.113. The molecular formula is C35H25BrCl2IN3O4S. The van der Waals surface area contributed by atoms with Gasteiger partial charge in [0.2, 0.25) is 0 Å². The standard InChI is InChI=1S/C35H25BrCl2IN3O4S/c1-19-30(33(43)41-25-8-4-3-5-9-25)31(20-7-6-10-26(14-20)45-2)42-34(44)29(47-35(42)40-19)15-22-13-23(36)16-28(39)32(22)46-18-21-11-12-24(37)17-27(21)38/h3-17,31H,18H2,1-2H3,(H,41,43)/b29-15-/t31-/m0/s1. The molecule has 7 nitrogen and oxygen atoms in total. The minimum absolute atomic E-state index is 0.199. The molecule has 238 valence electrons. The van der Waals surface area contributed by atoms with Crippen molar-refractivity contribution < 1.29 is 14.3 Å². The van der Waals surface area contributed by atoms with E-state index in [2.05, 4.69) is 43.8 Å². The predicted octanol–water partition coefficient (Wildman–Crippen LogP) is 8.14. The average molecular weight is 861 g/mol. The van der Waals surface area contributed by atoms with Gasteiger partial charge in [0.05, 0.1) is 32.5 Å². The fraction of sp³-hybridized carbons (Fsp3) is 0.114. The fourth-order valence-electron chi connectivity index (χ4n) is 5.23. The molecule has 1 aliphatic rings. The van der Waals surface area contributed by atoms with E-state index in [-0.39, 0.29) is 18.1 Å². The Labute approximate surface area is 306 Å². The predicted molar refractivity (Wildman–Crippen MR) is 199 cm³/mol. The molecule has 6 rings (SSSR count). The van der Waals surface area contributed by atoms with E-state index in [1.54, 1.807) is 36.8 Å². The topological polar surface area (TPSA) is 81.9 Å². The number of anilines is 1. The Balaban J connectivity index is 1.47. The van der Waals surface area contributed by atoms with E-state index in [0.29, 0.717) is 59.0 Å². The smallest absolute Gasteiger partial charge is 0.271 e. The van der Waals surface area contributed by atoms with Crippen molar-refractivity contribution in [3.05, 3.63) is 151 Å². The molecule has 0 unspecified atom stereocenters. The second-order valence-electron chi connectivity index (χ2n) is 10.5. The van der Waals surface area contributed by atoms with Gasteiger partial charge in [0, 0.05) is 31.3 Å². The van der Waals surface area contributed by atoms with Crippen LogP contribution in [0.4, 0.5) is 5.69 Å². The lowest BCUT2D eigenvalue weighted by atomic mass is 9.95. The van der Waals surface area contributed by atoms with Gasteiger partial charge in [0.25, 0.3) is 11.5 Å². The molecule has 0 saturated carbocycles. The summed E-state index contributed by atoms with van der Waals surface area (Å²) in [7, 11) is 1.58. The van der Waals surface area contributed by atoms with Crippen LogP contribution in [0.2, 0.25) is 10.0 Å². The number of benzene rings is 4. The number of nitrogens with one attached hydrogen (secondary N) is 1. The summed E-state index contributed by atoms with van der Waals surface area (Å²) in [6.45, 7) is 1.99. The highest BCUT2D eigenvalue weighted by Crippen LogP contribution is 2.34. The largest absolute Gasteiger partial charge is 0.497 e. The first-order chi connectivity index (χ1) is 22.6. The summed E-state index contributed by atoms with van der Waals surface area (Å²) in [6, 6.07) is 24.9. The highest BCUT2D eigenvalue weighted by molar-refractivity contribution is 14.1. The highest BCUT2D eigenvalue weighted by atomic mass is 127. The molecular weight excluding hydrogens is 836 g/mol. The molecule has 1 aromatic heterocycles. The van der Waals surface area contributed by atoms with Gasteiger partial charge >= 0.3 is 0 Å². The van der Waals surface area contributed by atoms with Gasteiger partial charge in [-0.2, -0.15) is 0 Å². The molecule has 47 heavy (non-hydrogen) atoms. The number of amides is 1. The summed E-state index contributed by atoms with van der Waals surface area (Å²) in [5.74, 6) is 0.847. The third kappa shape index (κ3) is 7.22. The first-order valence-corrected chi connectivity index (χ1v) is 17.7. The van der Waals surface area contributed by atoms with Crippen molar-refractivity contribution >= 4 is 90.7 Å². The molecule has 0 fully saturated rings. The lowest BCUT2D eigenvalue weighted by Gasteiger charge is -2.25. The number of hydrogen-bond donors (Lipinski definition) is 1. The molecule has 2 heterocycles. The van der Waals surface area contributed by atoms with Crippen molar-refractivity contribution in [1.29, 1.82) is 0 Å². The van der Waals surface area contributed by atoms with Crippen molar-refractivity contribution in [2.75, 3.05) is 12.4 Å². The summed E-state index contributed by atoms with van der Waals surface area (Å²) in [4.78, 5) is 33.4. The lowest BCUT2D eigenvalue weighted by Crippen LogP contribution is -2.40. The van der Waals surface area contributed by atoms with E-state index in [0.717, 1.165) is 13.6 Å². The first-order valence-electron chi connectivity index (χ1n) is 14.2. The second-order valence-corrected chi connectivity index (χ2v) is 14.4. The Hall–Kier alpha value is -3.42. The average Bonchev–Trinajstić information content (AvgIpc) is 3.34. The van der Waals surface area contributed by atoms with Crippen LogP contribution in [0.25, 0.3) is 6.08 Å². The Morgan fingerprint density at radius 1 is 1.09 bits per heavy atom. The number of carbonyl (C=O) groups is 1. The van der Waals surface area contributed by atoms with Gasteiger partial charge in [0.1, 0.15) is 18.1 Å². The number of carbonyl (C=O) groups excluding carboxylic acids is 1. The molecule has 1 amide bonds. The van der Waals surface area contributed by atoms with Crippen LogP contribution in [0.3, 0.4) is 0 Å². The number of rotatable bonds is 8. The fourth-order valence-corrected chi connectivity index (χ4v) is 8.44. The number of allylic oxidation sites excluding steroid dienone is 1. The van der Waals surface area contributed by atoms with Gasteiger partial charge in [-0.05, 0) is 89.7 Å². The maximum Gasteiger partial charge on any atom is 0.271 e. The van der Waals surface area contributed by atoms with Crippen LogP contribution in [0.15, 0.2) is 110 Å². The SMILES string of the molecule is COc1cccc([C@H]2C(C(=O)Nc3ccccc3)=C(C)N=c3s/c(=C\c4cc(Br)cc(I)c4OCc4ccc(Cl)cc4Cl)c(=O)n32)c1. The normalized spacial score (nSPS) is 14.4. The summed E-state index contributed by atoms with van der Waals surface area (Å²) < 4.78 is 15.5. The van der Waals surface area contributed by atoms with E-state index >= 15 is 0 Å². The van der Waals surface area contributed by atoms with Crippen LogP contribution in [0.1, 0.15) is 29.7 Å². The maximum absolute atomic E-state index is 14.3. The van der Waals surface area contributed by atoms with E-state index in [4.69, 9.17) is 37.7 Å². The Morgan fingerprint density at radius 3 is 2.62 bits per heavy atom. The molecule has 0 saturated heterocycles. The van der Waals surface area contributed by atoms with Gasteiger partial charge in [0.15, 0.2) is 4.80 Å². The second kappa shape index (κ2) is 14.4. The van der Waals surface area contributed by atoms with E-state index in [1.165, 1.54) is 11.3 Å². The van der Waals surface area contributed by atoms with Crippen LogP contribution in [-0.2, 0) is 11.4 Å². The number of aromatic nitrogens is 1. The summed E-state index contributed by atoms with van der Waals surface area (Å²) in [5.41, 5.74) is 3.40. The summed E-state index contributed by atoms with van der Waals surface area (Å²) in [5, 5.41) is 4.01. The van der Waals surface area contributed by atoms with Crippen LogP contribution < -0.4 is 29.7 Å². The quantitative estimate of drug-likeness (QED) is 0.160. The molecule has 12 heteroatoms. The Morgan fingerprint density at radius 2 is 1.87 bits per heavy atom. The molecule has 1 N–H and O–H groups in total. The number of thiazole rings is 1. The molecule has 0 aliphatic carbocycles. The molecule has 0 radical (unpaired) electrons. The van der Waals surface area contributed by atoms with E-state index in [1.807, 2.05) is 72.8 Å². The number of hydrogen-bond acceptors (Lipinski definition) is 6. The van der Waals surface area contributed by atoms with Gasteiger partial charge in [-0.1, -0.05) is 86.9 Å². The van der Waals surface area contributed by atoms with Crippen LogP contribution >= 0.6 is 73.1 Å². The minimum atomic E-state index is -0.752. The molecule has 1 aliphatic heterocycles. The van der Waals surface area contributed by atoms with Crippen molar-refractivity contribution in [2.45, 2.75) is 19.6 Å². The van der Waals surface area contributed by atoms with Crippen LogP contribution in [0, 0.1) is 3.57 Å². The van der Waals surface area contributed by atoms with Crippen molar-refractivity contribution in [1.82, 2.24) is 4.57 Å². The number of nitrogens with zero attached hydrogens (tertiary/aromatic N) is 2. The number of methoxy groups -OCH3 is 1. The number of ether oxygens (including phenoxy) is 2. The molecule has 4 aromatic carbocycles. The molecule has 0 bridgehead atoms. The maximum atomic E-state index is 14.3. The zero-order valence-corrected chi connectivity index (χ0v) is 31.0. The molecule has 0 spiro atoms. The summed E-state index contributed by atoms with van der Waals surface area (Å²) in [6.07, 6.45) is 1.79. The third-order valence-electron chi connectivity index (χ3n) is 7.42. The van der Waals surface area contributed by atoms with Gasteiger partial charge in [-0.3, -0.25) is 14.2 Å². The Bertz CT molecular complexity index is 2240. The number of para-hydroxylation sites is 1. The highest BCUT2D eigenvalue weighted by Gasteiger charge is 2.33. The van der Waals surface area contributed by atoms with Gasteiger partial charge in [-0.15, -0.1) is 0 Å². The van der Waals surface area contributed by atoms with Crippen LogP contribution in [-0.4, -0.2) is 17.6 Å². The first kappa shape index (κ1) is 33.5. The monoisotopic (exact) mass is 859 g/mol. The molecule has 5 aromatic rings. The van der Waals surface area contributed by atoms with Gasteiger partial charge < -0.3 is 14.8 Å². The van der Waals surface area contributed by atoms with E-state index in [9.17, 15) is 9.59 Å². The van der Waals surface area contributed by atoms with Crippen molar-refractivity contribution in [2.24, 2.45) is 4.99 Å². The zero-order chi connectivity index (χ0) is 33.2. The minimum Gasteiger partial charge on any atom is -0.497 e. The third-order valence-corrected chi connectivity index (χ3v) is 10.2. The number of fused-ring (bicyclic) bond motifs is 1. The number of halogens is 4. The van der Waals surface area contributed by atoms with Crippen LogP contribution in [0.5, 0.6) is 11.5 Å². The Kier molecular flexibility index (Phi) is 10.2. The van der Waals surface area contributed by atoms with E-state index < -0.39 is 6.04 Å².